The number of ether oxygens (including phenoxy) is 1. The molecule has 1 atom stereocenters. The average molecular weight is 282 g/mol. The van der Waals surface area contributed by atoms with Crippen LogP contribution in [0.5, 0.6) is 0 Å². The van der Waals surface area contributed by atoms with E-state index in [9.17, 15) is 4.79 Å². The predicted molar refractivity (Wildman–Crippen MR) is 76.6 cm³/mol. The maximum absolute atomic E-state index is 12.5. The highest BCUT2D eigenvalue weighted by Crippen LogP contribution is 2.14. The molecule has 0 radical (unpaired) electrons. The quantitative estimate of drug-likeness (QED) is 0.797. The van der Waals surface area contributed by atoms with Gasteiger partial charge in [0, 0.05) is 31.1 Å². The molecule has 1 unspecified atom stereocenters. The Kier molecular flexibility index (Phi) is 5.23. The van der Waals surface area contributed by atoms with Crippen LogP contribution in [0.3, 0.4) is 0 Å². The highest BCUT2D eigenvalue weighted by atomic mass is 35.5. The van der Waals surface area contributed by atoms with E-state index in [1.54, 1.807) is 0 Å². The Morgan fingerprint density at radius 1 is 1.53 bits per heavy atom. The van der Waals surface area contributed by atoms with Gasteiger partial charge in [0.1, 0.15) is 0 Å². The summed E-state index contributed by atoms with van der Waals surface area (Å²) < 4.78 is 5.70. The first-order chi connectivity index (χ1) is 9.24. The first-order valence-corrected chi connectivity index (χ1v) is 7.33. The minimum absolute atomic E-state index is 0.0796. The molecule has 0 spiro atoms. The number of benzene rings is 1. The second-order valence-electron chi connectivity index (χ2n) is 4.84. The molecule has 4 heteroatoms. The number of amides is 1. The molecular formula is C15H20ClNO2. The first-order valence-electron chi connectivity index (χ1n) is 6.80. The molecule has 0 N–H and O–H groups in total. The molecule has 1 saturated heterocycles. The Morgan fingerprint density at radius 2 is 2.37 bits per heavy atom. The van der Waals surface area contributed by atoms with Crippen molar-refractivity contribution in [2.45, 2.75) is 31.7 Å². The second kappa shape index (κ2) is 6.92. The van der Waals surface area contributed by atoms with E-state index in [2.05, 4.69) is 6.92 Å². The number of hydrogen-bond acceptors (Lipinski definition) is 2. The van der Waals surface area contributed by atoms with Crippen molar-refractivity contribution in [3.05, 3.63) is 35.4 Å². The molecule has 2 rings (SSSR count). The van der Waals surface area contributed by atoms with Gasteiger partial charge in [0.15, 0.2) is 0 Å². The summed E-state index contributed by atoms with van der Waals surface area (Å²) in [6, 6.07) is 7.55. The van der Waals surface area contributed by atoms with E-state index in [1.165, 1.54) is 0 Å². The molecule has 0 aromatic heterocycles. The van der Waals surface area contributed by atoms with Crippen molar-refractivity contribution in [2.24, 2.45) is 0 Å². The third-order valence-corrected chi connectivity index (χ3v) is 3.73. The first kappa shape index (κ1) is 14.4. The fraction of sp³-hybridized carbons (Fsp3) is 0.533. The summed E-state index contributed by atoms with van der Waals surface area (Å²) in [5.41, 5.74) is 1.69. The summed E-state index contributed by atoms with van der Waals surface area (Å²) in [7, 11) is 0. The molecule has 1 aromatic carbocycles. The molecule has 0 bridgehead atoms. The Bertz CT molecular complexity index is 436. The van der Waals surface area contributed by atoms with E-state index in [4.69, 9.17) is 16.3 Å². The maximum atomic E-state index is 12.5. The highest BCUT2D eigenvalue weighted by molar-refractivity contribution is 6.17. The second-order valence-corrected chi connectivity index (χ2v) is 5.11. The number of hydrogen-bond donors (Lipinski definition) is 0. The van der Waals surface area contributed by atoms with E-state index in [0.29, 0.717) is 12.4 Å². The molecule has 1 fully saturated rings. The highest BCUT2D eigenvalue weighted by Gasteiger charge is 2.22. The smallest absolute Gasteiger partial charge is 0.253 e. The van der Waals surface area contributed by atoms with Crippen molar-refractivity contribution in [2.75, 3.05) is 19.7 Å². The molecular weight excluding hydrogens is 262 g/mol. The van der Waals surface area contributed by atoms with Crippen molar-refractivity contribution in [1.82, 2.24) is 4.90 Å². The number of halogens is 1. The van der Waals surface area contributed by atoms with Crippen molar-refractivity contribution in [3.8, 4) is 0 Å². The monoisotopic (exact) mass is 281 g/mol. The van der Waals surface area contributed by atoms with Gasteiger partial charge in [0.05, 0.1) is 6.10 Å². The minimum Gasteiger partial charge on any atom is -0.376 e. The standard InChI is InChI=1S/C15H20ClNO2/c1-2-14-11-17(7-4-8-19-14)15(18)13-6-3-5-12(9-13)10-16/h3,5-6,9,14H,2,4,7-8,10-11H2,1H3. The Hall–Kier alpha value is -1.06. The SMILES string of the molecule is CCC1CN(C(=O)c2cccc(CCl)c2)CCCO1. The summed E-state index contributed by atoms with van der Waals surface area (Å²) in [6.45, 7) is 4.28. The van der Waals surface area contributed by atoms with Crippen LogP contribution in [0.4, 0.5) is 0 Å². The number of nitrogens with zero attached hydrogens (tertiary/aromatic N) is 1. The topological polar surface area (TPSA) is 29.5 Å². The zero-order valence-corrected chi connectivity index (χ0v) is 12.0. The minimum atomic E-state index is 0.0796. The number of rotatable bonds is 3. The Balaban J connectivity index is 2.12. The van der Waals surface area contributed by atoms with E-state index in [-0.39, 0.29) is 12.0 Å². The normalized spacial score (nSPS) is 20.1. The largest absolute Gasteiger partial charge is 0.376 e. The van der Waals surface area contributed by atoms with Gasteiger partial charge in [0.2, 0.25) is 0 Å². The average Bonchev–Trinajstić information content (AvgIpc) is 2.72. The molecule has 1 amide bonds. The fourth-order valence-corrected chi connectivity index (χ4v) is 2.46. The van der Waals surface area contributed by atoms with Crippen LogP contribution in [-0.4, -0.2) is 36.6 Å². The van der Waals surface area contributed by atoms with Gasteiger partial charge < -0.3 is 9.64 Å². The van der Waals surface area contributed by atoms with Gasteiger partial charge in [0.25, 0.3) is 5.91 Å². The van der Waals surface area contributed by atoms with Crippen LogP contribution in [0.2, 0.25) is 0 Å². The van der Waals surface area contributed by atoms with Gasteiger partial charge in [-0.2, -0.15) is 0 Å². The van der Waals surface area contributed by atoms with Crippen LogP contribution in [0.1, 0.15) is 35.7 Å². The Morgan fingerprint density at radius 3 is 3.11 bits per heavy atom. The van der Waals surface area contributed by atoms with Crippen molar-refractivity contribution in [3.63, 3.8) is 0 Å². The van der Waals surface area contributed by atoms with Crippen LogP contribution < -0.4 is 0 Å². The van der Waals surface area contributed by atoms with Crippen LogP contribution >= 0.6 is 11.6 Å². The molecule has 104 valence electrons. The van der Waals surface area contributed by atoms with Crippen molar-refractivity contribution in [1.29, 1.82) is 0 Å². The molecule has 3 nitrogen and oxygen atoms in total. The lowest BCUT2D eigenvalue weighted by Gasteiger charge is -2.23. The van der Waals surface area contributed by atoms with Gasteiger partial charge >= 0.3 is 0 Å². The molecule has 1 aromatic rings. The van der Waals surface area contributed by atoms with Gasteiger partial charge in [-0.25, -0.2) is 0 Å². The van der Waals surface area contributed by atoms with Gasteiger partial charge in [-0.1, -0.05) is 19.1 Å². The molecule has 1 aliphatic rings. The lowest BCUT2D eigenvalue weighted by molar-refractivity contribution is 0.0460. The summed E-state index contributed by atoms with van der Waals surface area (Å²) in [6.07, 6.45) is 1.99. The lowest BCUT2D eigenvalue weighted by atomic mass is 10.1. The summed E-state index contributed by atoms with van der Waals surface area (Å²) in [5.74, 6) is 0.512. The van der Waals surface area contributed by atoms with E-state index >= 15 is 0 Å². The van der Waals surface area contributed by atoms with Gasteiger partial charge in [-0.15, -0.1) is 11.6 Å². The molecule has 0 aliphatic carbocycles. The van der Waals surface area contributed by atoms with Crippen LogP contribution in [0.15, 0.2) is 24.3 Å². The van der Waals surface area contributed by atoms with E-state index in [0.717, 1.165) is 37.1 Å². The summed E-state index contributed by atoms with van der Waals surface area (Å²) in [4.78, 5) is 14.4. The third-order valence-electron chi connectivity index (χ3n) is 3.42. The number of carbonyl (C=O) groups excluding carboxylic acids is 1. The Labute approximate surface area is 119 Å². The molecule has 19 heavy (non-hydrogen) atoms. The molecule has 0 saturated carbocycles. The predicted octanol–water partition coefficient (Wildman–Crippen LogP) is 3.07. The van der Waals surface area contributed by atoms with Crippen LogP contribution in [-0.2, 0) is 10.6 Å². The maximum Gasteiger partial charge on any atom is 0.253 e. The zero-order chi connectivity index (χ0) is 13.7. The van der Waals surface area contributed by atoms with Crippen LogP contribution in [0.25, 0.3) is 0 Å². The van der Waals surface area contributed by atoms with Crippen molar-refractivity contribution >= 4 is 17.5 Å². The lowest BCUT2D eigenvalue weighted by Crippen LogP contribution is -2.36. The van der Waals surface area contributed by atoms with Gasteiger partial charge in [-0.3, -0.25) is 4.79 Å². The summed E-state index contributed by atoms with van der Waals surface area (Å²) in [5, 5.41) is 0. The molecule has 1 aliphatic heterocycles. The van der Waals surface area contributed by atoms with Crippen molar-refractivity contribution < 1.29 is 9.53 Å². The van der Waals surface area contributed by atoms with Crippen LogP contribution in [0, 0.1) is 0 Å². The van der Waals surface area contributed by atoms with Gasteiger partial charge in [-0.05, 0) is 30.5 Å². The summed E-state index contributed by atoms with van der Waals surface area (Å²) >= 11 is 5.82. The fourth-order valence-electron chi connectivity index (χ4n) is 2.30. The van der Waals surface area contributed by atoms with E-state index in [1.807, 2.05) is 29.2 Å². The molecule has 1 heterocycles. The zero-order valence-electron chi connectivity index (χ0n) is 11.3. The number of alkyl halides is 1. The third kappa shape index (κ3) is 3.71. The van der Waals surface area contributed by atoms with E-state index < -0.39 is 0 Å². The number of carbonyl (C=O) groups is 1.